The van der Waals surface area contributed by atoms with E-state index in [0.717, 1.165) is 30.3 Å². The Morgan fingerprint density at radius 3 is 1.35 bits per heavy atom. The van der Waals surface area contributed by atoms with Crippen LogP contribution in [0.3, 0.4) is 0 Å². The molecule has 8 rings (SSSR count). The van der Waals surface area contributed by atoms with Crippen LogP contribution in [0.1, 0.15) is 71.0 Å². The predicted octanol–water partition coefficient (Wildman–Crippen LogP) is 18.6. The fourth-order valence-electron chi connectivity index (χ4n) is 6.45. The number of nitro benzene ring substituents is 1. The molecule has 12 N–H and O–H groups in total. The zero-order valence-electron chi connectivity index (χ0n) is 53.3. The third-order valence-corrected chi connectivity index (χ3v) is 15.2. The van der Waals surface area contributed by atoms with Gasteiger partial charge in [0.05, 0.1) is 54.1 Å². The first-order valence-electron chi connectivity index (χ1n) is 26.2. The van der Waals surface area contributed by atoms with Gasteiger partial charge in [0.15, 0.2) is 11.2 Å². The largest absolute Gasteiger partial charge is 2.00 e. The number of hydrogen-bond donors (Lipinski definition) is 8. The zero-order chi connectivity index (χ0) is 78.2. The number of ether oxygens (including phenoxy) is 1. The third kappa shape index (κ3) is 32.0. The van der Waals surface area contributed by atoms with E-state index >= 15 is 0 Å². The molecule has 0 aliphatic rings. The monoisotopic (exact) mass is 1880 g/mol. The summed E-state index contributed by atoms with van der Waals surface area (Å²) >= 11 is 49.8. The third-order valence-electron chi connectivity index (χ3n) is 11.9. The van der Waals surface area contributed by atoms with Crippen molar-refractivity contribution in [2.45, 2.75) is 79.2 Å². The Bertz CT molecular complexity index is 4240. The molecular weight excluding hydrogens is 1830 g/mol. The van der Waals surface area contributed by atoms with Crippen molar-refractivity contribution >= 4 is 205 Å². The summed E-state index contributed by atoms with van der Waals surface area (Å²) in [4.78, 5) is 46.4. The first-order chi connectivity index (χ1) is 46.0. The average Bonchev–Trinajstić information content (AvgIpc) is 0.771. The molecule has 0 saturated heterocycles. The minimum atomic E-state index is -5.09. The van der Waals surface area contributed by atoms with E-state index in [0.29, 0.717) is 57.5 Å². The molecule has 45 heteroatoms. The van der Waals surface area contributed by atoms with Gasteiger partial charge in [0, 0.05) is 72.8 Å². The molecule has 2 heterocycles. The number of carbonyl (C=O) groups excluding carboxylic acids is 2. The molecule has 0 radical (unpaired) electrons. The molecule has 0 saturated carbocycles. The summed E-state index contributed by atoms with van der Waals surface area (Å²) < 4.78 is 196. The van der Waals surface area contributed by atoms with Gasteiger partial charge in [-0.05, 0) is 142 Å². The summed E-state index contributed by atoms with van der Waals surface area (Å²) in [5.74, 6) is -7.48. The number of hydrogen-bond acceptors (Lipinski definition) is 16. The van der Waals surface area contributed by atoms with E-state index in [1.165, 1.54) is 49.8 Å². The van der Waals surface area contributed by atoms with Gasteiger partial charge in [0.1, 0.15) is 45.8 Å². The second-order valence-electron chi connectivity index (χ2n) is 20.5. The molecule has 2 atom stereocenters. The van der Waals surface area contributed by atoms with Crippen LogP contribution in [0.5, 0.6) is 5.75 Å². The van der Waals surface area contributed by atoms with E-state index < -0.39 is 130 Å². The fraction of sp³-hybridized carbons (Fsp3) is 0.230. The van der Waals surface area contributed by atoms with Crippen LogP contribution >= 0.6 is 125 Å². The standard InChI is InChI=1S/C13H9Cl2F4N3O.C11H12BrClFNO.C9H8ClF4NO.C8H4ClF4NO.C7H7FN2O3.C6H4BrClFN.C4H2Cl2N2.2CH4.CH3.BrH.Mg/c1-12(23,13(17,18)19)6-4-8(16)7(14)5-9(6)21-10-2-3-20-11(15)22-10;1-11(2,3)10(16)15-9-5-7(13)8(14)4-6(9)12;1-8(16,9(12,13)14)4-2-6(11)5(10)3-7(4)15;9-4-2-6(14)3(1-5(4)10)7(15)8(11,12)13;1-13-7-2-4(8)6(10(11)12)3-5(7)9;7-3-1-5(9)4(8)2-6(3)10;5-3-1-2-7-4(6)8-3;;;;;/h2-5,23H,1H3,(H,20,21,22);4-5H,1-3H3,(H,15,16);2-3,16H,15H2,1H3;1-2H,14H2;2-3H,9H2,1H3;1-2H,10H2;1-2H;2*1H4;1H3;1H;/q;;;;;;;;;-1;;+2/p-1. The molecule has 0 aliphatic heterocycles. The minimum Gasteiger partial charge on any atom is -1.00 e. The number of nitrogens with zero attached hydrogens (tertiary/aromatic N) is 5. The molecule has 18 nitrogen and oxygen atoms in total. The predicted molar refractivity (Wildman–Crippen MR) is 387 cm³/mol. The molecule has 2 aromatic heterocycles. The first-order valence-corrected chi connectivity index (χ1v) is 30.8. The maximum atomic E-state index is 13.6. The Hall–Kier alpha value is -5.78. The van der Waals surface area contributed by atoms with E-state index in [1.807, 2.05) is 0 Å². The first kappa shape index (κ1) is 107. The van der Waals surface area contributed by atoms with Gasteiger partial charge in [-0.25, -0.2) is 41.9 Å². The summed E-state index contributed by atoms with van der Waals surface area (Å²) in [7, 11) is 1.30. The molecule has 106 heavy (non-hydrogen) atoms. The van der Waals surface area contributed by atoms with Crippen molar-refractivity contribution in [3.05, 3.63) is 216 Å². The molecule has 0 bridgehead atoms. The number of nitrogens with two attached hydrogens (primary N) is 4. The topological polar surface area (TPSA) is 307 Å². The molecule has 0 aliphatic carbocycles. The van der Waals surface area contributed by atoms with Gasteiger partial charge in [-0.2, -0.15) is 43.9 Å². The van der Waals surface area contributed by atoms with Crippen LogP contribution in [0, 0.1) is 57.9 Å². The molecule has 0 spiro atoms. The maximum absolute atomic E-state index is 13.6. The number of carbonyl (C=O) groups is 2. The number of Topliss-reactive ketones (excluding diaryl/α,β-unsaturated/α-hetero) is 1. The van der Waals surface area contributed by atoms with Crippen LogP contribution in [-0.4, -0.2) is 95.5 Å². The van der Waals surface area contributed by atoms with Gasteiger partial charge >= 0.3 is 47.3 Å². The van der Waals surface area contributed by atoms with Crippen LogP contribution in [-0.2, 0) is 16.0 Å². The zero-order valence-corrected chi connectivity index (χ0v) is 65.5. The SMILES string of the molecule is C.C.CC(C)(C)C(=O)Nc1cc(Cl)c(F)cc1Br.CC(O)(c1cc(F)c(Cl)cc1N)C(F)(F)F.CC(O)(c1cc(F)c(Cl)cc1Nc1ccnc(Cl)n1)C(F)(F)F.COc1cc(F)c([N+](=O)[O-])cc1N.Clc1ccnc(Cl)n1.Nc1cc(Cl)c(F)cc1Br.Nc1cc(Cl)c(F)cc1C(=O)C(F)(F)F.[Br-].[CH3-].[Mg+2]. The number of methoxy groups -OCH3 is 1. The van der Waals surface area contributed by atoms with Crippen LogP contribution < -0.4 is 55.3 Å². The van der Waals surface area contributed by atoms with Gasteiger partial charge in [-0.15, -0.1) is 0 Å². The van der Waals surface area contributed by atoms with Crippen LogP contribution in [0.4, 0.5) is 111 Å². The van der Waals surface area contributed by atoms with Crippen molar-refractivity contribution in [3.63, 3.8) is 0 Å². The van der Waals surface area contributed by atoms with Gasteiger partial charge in [-0.1, -0.05) is 105 Å². The molecule has 8 aromatic rings. The second-order valence-corrected chi connectivity index (χ2v) is 25.3. The number of aromatic nitrogens is 4. The van der Waals surface area contributed by atoms with E-state index in [2.05, 4.69) is 67.2 Å². The number of nitrogens with one attached hydrogen (secondary N) is 2. The number of alkyl halides is 9. The van der Waals surface area contributed by atoms with Crippen molar-refractivity contribution in [3.8, 4) is 5.75 Å². The minimum absolute atomic E-state index is 0. The fourth-order valence-corrected chi connectivity index (χ4v) is 8.50. The molecule has 2 unspecified atom stereocenters. The van der Waals surface area contributed by atoms with Gasteiger partial charge < -0.3 is 72.9 Å². The van der Waals surface area contributed by atoms with E-state index in [-0.39, 0.29) is 112 Å². The Kier molecular flexibility index (Phi) is 45.0. The molecule has 0 fully saturated rings. The average molecular weight is 1890 g/mol. The van der Waals surface area contributed by atoms with Gasteiger partial charge in [0.25, 0.3) is 5.78 Å². The van der Waals surface area contributed by atoms with E-state index in [1.54, 1.807) is 26.8 Å². The number of halogens is 26. The maximum Gasteiger partial charge on any atom is 2.00 e. The van der Waals surface area contributed by atoms with Crippen molar-refractivity contribution in [2.24, 2.45) is 5.41 Å². The van der Waals surface area contributed by atoms with E-state index in [4.69, 9.17) is 116 Å². The van der Waals surface area contributed by atoms with E-state index in [9.17, 15) is 95.8 Å². The molecular formula is C61H57Br3Cl8F15MgN11O7. The number of ketones is 1. The quantitative estimate of drug-likeness (QED) is 0.00670. The second kappa shape index (κ2) is 44.8. The van der Waals surface area contributed by atoms with Crippen LogP contribution in [0.25, 0.3) is 0 Å². The smallest absolute Gasteiger partial charge is 1.00 e. The summed E-state index contributed by atoms with van der Waals surface area (Å²) in [5.41, 5.74) is 10.7. The Morgan fingerprint density at radius 2 is 0.943 bits per heavy atom. The van der Waals surface area contributed by atoms with Crippen molar-refractivity contribution < 1.29 is 112 Å². The number of nitrogen functional groups attached to an aromatic ring is 4. The number of rotatable bonds is 8. The van der Waals surface area contributed by atoms with Gasteiger partial charge in [0.2, 0.25) is 22.3 Å². The normalized spacial score (nSPS) is 11.7. The van der Waals surface area contributed by atoms with Crippen LogP contribution in [0.15, 0.2) is 106 Å². The van der Waals surface area contributed by atoms with Crippen molar-refractivity contribution in [1.82, 2.24) is 19.9 Å². The number of amides is 1. The summed E-state index contributed by atoms with van der Waals surface area (Å²) in [5, 5.41) is 33.7. The summed E-state index contributed by atoms with van der Waals surface area (Å²) in [6.07, 6.45) is -12.3. The number of nitro groups is 1. The molecule has 1 amide bonds. The number of benzene rings is 6. The Morgan fingerprint density at radius 1 is 0.547 bits per heavy atom. The Balaban J connectivity index is -0.000000579. The van der Waals surface area contributed by atoms with Gasteiger partial charge in [-0.3, -0.25) is 19.7 Å². The molecule has 6 aromatic carbocycles. The summed E-state index contributed by atoms with van der Waals surface area (Å²) in [6.45, 7) is 6.38. The van der Waals surface area contributed by atoms with Crippen LogP contribution in [0.2, 0.25) is 40.8 Å². The Labute approximate surface area is 679 Å². The summed E-state index contributed by atoms with van der Waals surface area (Å²) in [6, 6.07) is 13.8. The van der Waals surface area contributed by atoms with Crippen molar-refractivity contribution in [1.29, 1.82) is 0 Å². The number of anilines is 7. The number of aliphatic hydroxyl groups is 2. The molecule has 582 valence electrons. The van der Waals surface area contributed by atoms with Crippen molar-refractivity contribution in [2.75, 3.05) is 40.7 Å².